The van der Waals surface area contributed by atoms with Gasteiger partial charge in [0.25, 0.3) is 0 Å². The van der Waals surface area contributed by atoms with Gasteiger partial charge in [0.15, 0.2) is 5.70 Å². The molecule has 0 amide bonds. The van der Waals surface area contributed by atoms with Gasteiger partial charge in [-0.2, -0.15) is 0 Å². The number of hydrogen-bond donors (Lipinski definition) is 1. The Morgan fingerprint density at radius 2 is 1.43 bits per heavy atom. The summed E-state index contributed by atoms with van der Waals surface area (Å²) in [6.07, 6.45) is 1.57. The monoisotopic (exact) mass is 369 g/mol. The van der Waals surface area contributed by atoms with Crippen LogP contribution in [0.1, 0.15) is 21.5 Å². The molecule has 28 heavy (non-hydrogen) atoms. The quantitative estimate of drug-likeness (QED) is 0.546. The van der Waals surface area contributed by atoms with Crippen molar-refractivity contribution in [3.63, 3.8) is 0 Å². The van der Waals surface area contributed by atoms with Gasteiger partial charge in [-0.3, -0.25) is 0 Å². The molecule has 0 atom stereocenters. The second-order valence-corrected chi connectivity index (χ2v) is 6.21. The van der Waals surface area contributed by atoms with Crippen LogP contribution in [0.25, 0.3) is 17.2 Å². The van der Waals surface area contributed by atoms with Gasteiger partial charge in [0.1, 0.15) is 0 Å². The fourth-order valence-corrected chi connectivity index (χ4v) is 2.85. The van der Waals surface area contributed by atoms with Crippen LogP contribution in [0.2, 0.25) is 0 Å². The second-order valence-electron chi connectivity index (χ2n) is 6.21. The Labute approximate surface area is 161 Å². The fraction of sp³-hybridized carbons (Fsp3) is 0. The van der Waals surface area contributed by atoms with E-state index in [1.807, 2.05) is 54.6 Å². The third kappa shape index (κ3) is 3.59. The summed E-state index contributed by atoms with van der Waals surface area (Å²) in [6.45, 7) is 0. The molecular weight excluding hydrogens is 354 g/mol. The molecule has 0 spiro atoms. The first kappa shape index (κ1) is 17.4. The molecule has 0 saturated carbocycles. The Kier molecular flexibility index (Phi) is 4.56. The van der Waals surface area contributed by atoms with Crippen molar-refractivity contribution in [3.05, 3.63) is 101 Å². The molecule has 0 unspecified atom stereocenters. The predicted molar refractivity (Wildman–Crippen MR) is 106 cm³/mol. The van der Waals surface area contributed by atoms with Crippen molar-refractivity contribution >= 4 is 23.9 Å². The molecule has 0 aliphatic carbocycles. The average molecular weight is 369 g/mol. The minimum atomic E-state index is -1.00. The first-order valence-electron chi connectivity index (χ1n) is 8.62. The lowest BCUT2D eigenvalue weighted by atomic mass is 10.0. The highest BCUT2D eigenvalue weighted by Crippen LogP contribution is 2.23. The molecule has 0 radical (unpaired) electrons. The zero-order valence-electron chi connectivity index (χ0n) is 14.7. The number of carbonyl (C=O) groups is 2. The van der Waals surface area contributed by atoms with Crippen LogP contribution in [0.15, 0.2) is 89.6 Å². The highest BCUT2D eigenvalue weighted by Gasteiger charge is 2.24. The number of aliphatic imine (C=N–C) groups is 1. The first-order chi connectivity index (χ1) is 13.6. The van der Waals surface area contributed by atoms with Gasteiger partial charge in [0.05, 0.1) is 5.56 Å². The number of carboxylic acid groups (broad SMARTS) is 1. The molecule has 136 valence electrons. The summed E-state index contributed by atoms with van der Waals surface area (Å²) in [6, 6.07) is 23.8. The molecule has 1 N–H and O–H groups in total. The zero-order valence-corrected chi connectivity index (χ0v) is 14.7. The maximum absolute atomic E-state index is 12.1. The standard InChI is InChI=1S/C23H15NO4/c25-22(26)19-8-6-15(7-9-19)14-20-23(27)28-21(24-20)18-12-10-17(11-13-18)16-4-2-1-3-5-16/h1-14H,(H,25,26)/b20-14-. The molecule has 1 aliphatic heterocycles. The summed E-state index contributed by atoms with van der Waals surface area (Å²) in [4.78, 5) is 27.3. The Morgan fingerprint density at radius 3 is 2.07 bits per heavy atom. The number of ether oxygens (including phenoxy) is 1. The first-order valence-corrected chi connectivity index (χ1v) is 8.62. The summed E-state index contributed by atoms with van der Waals surface area (Å²) in [7, 11) is 0. The molecule has 0 aromatic heterocycles. The van der Waals surface area contributed by atoms with Crippen LogP contribution in [0.3, 0.4) is 0 Å². The van der Waals surface area contributed by atoms with Crippen LogP contribution in [0.5, 0.6) is 0 Å². The maximum atomic E-state index is 12.1. The molecule has 0 fully saturated rings. The summed E-state index contributed by atoms with van der Waals surface area (Å²) >= 11 is 0. The number of benzene rings is 3. The number of hydrogen-bond acceptors (Lipinski definition) is 4. The lowest BCUT2D eigenvalue weighted by Gasteiger charge is -2.03. The van der Waals surface area contributed by atoms with Gasteiger partial charge in [-0.05, 0) is 47.0 Å². The SMILES string of the molecule is O=C1OC(c2ccc(-c3ccccc3)cc2)=N/C1=C\c1ccc(C(=O)O)cc1. The van der Waals surface area contributed by atoms with Gasteiger partial charge in [0.2, 0.25) is 5.90 Å². The summed E-state index contributed by atoms with van der Waals surface area (Å²) in [5, 5.41) is 8.94. The number of carbonyl (C=O) groups excluding carboxylic acids is 1. The van der Waals surface area contributed by atoms with E-state index in [0.29, 0.717) is 11.1 Å². The third-order valence-corrected chi connectivity index (χ3v) is 4.32. The zero-order chi connectivity index (χ0) is 19.5. The van der Waals surface area contributed by atoms with Gasteiger partial charge in [-0.25, -0.2) is 14.6 Å². The molecule has 5 heteroatoms. The van der Waals surface area contributed by atoms with Crippen molar-refractivity contribution in [2.75, 3.05) is 0 Å². The fourth-order valence-electron chi connectivity index (χ4n) is 2.85. The van der Waals surface area contributed by atoms with Crippen LogP contribution >= 0.6 is 0 Å². The van der Waals surface area contributed by atoms with E-state index in [4.69, 9.17) is 9.84 Å². The minimum absolute atomic E-state index is 0.171. The summed E-state index contributed by atoms with van der Waals surface area (Å²) in [5.41, 5.74) is 3.89. The summed E-state index contributed by atoms with van der Waals surface area (Å²) < 4.78 is 5.29. The molecule has 3 aromatic rings. The number of cyclic esters (lactones) is 1. The van der Waals surface area contributed by atoms with Crippen LogP contribution in [-0.4, -0.2) is 22.9 Å². The minimum Gasteiger partial charge on any atom is -0.478 e. The number of esters is 1. The van der Waals surface area contributed by atoms with Gasteiger partial charge in [-0.1, -0.05) is 54.6 Å². The third-order valence-electron chi connectivity index (χ3n) is 4.32. The molecule has 0 bridgehead atoms. The molecular formula is C23H15NO4. The Balaban J connectivity index is 1.57. The topological polar surface area (TPSA) is 76.0 Å². The number of rotatable bonds is 4. The van der Waals surface area contributed by atoms with E-state index in [1.54, 1.807) is 18.2 Å². The molecule has 0 saturated heterocycles. The normalized spacial score (nSPS) is 14.6. The molecule has 5 nitrogen and oxygen atoms in total. The highest BCUT2D eigenvalue weighted by atomic mass is 16.6. The smallest absolute Gasteiger partial charge is 0.363 e. The van der Waals surface area contributed by atoms with Crippen LogP contribution in [0.4, 0.5) is 0 Å². The van der Waals surface area contributed by atoms with E-state index in [2.05, 4.69) is 4.99 Å². The van der Waals surface area contributed by atoms with Crippen molar-refractivity contribution in [1.82, 2.24) is 0 Å². The van der Waals surface area contributed by atoms with Gasteiger partial charge < -0.3 is 9.84 Å². The lowest BCUT2D eigenvalue weighted by Crippen LogP contribution is -2.05. The predicted octanol–water partition coefficient (Wildman–Crippen LogP) is 4.40. The van der Waals surface area contributed by atoms with E-state index in [9.17, 15) is 9.59 Å². The summed E-state index contributed by atoms with van der Waals surface area (Å²) in [5.74, 6) is -1.29. The van der Waals surface area contributed by atoms with E-state index in [0.717, 1.165) is 11.1 Å². The van der Waals surface area contributed by atoms with Crippen LogP contribution in [0, 0.1) is 0 Å². The number of nitrogens with zero attached hydrogens (tertiary/aromatic N) is 1. The van der Waals surface area contributed by atoms with Gasteiger partial charge >= 0.3 is 11.9 Å². The van der Waals surface area contributed by atoms with Crippen LogP contribution < -0.4 is 0 Å². The Bertz CT molecular complexity index is 1100. The van der Waals surface area contributed by atoms with Crippen molar-refractivity contribution in [2.45, 2.75) is 0 Å². The highest BCUT2D eigenvalue weighted by molar-refractivity contribution is 6.13. The molecule has 1 heterocycles. The van der Waals surface area contributed by atoms with Crippen molar-refractivity contribution in [3.8, 4) is 11.1 Å². The molecule has 4 rings (SSSR count). The number of aromatic carboxylic acids is 1. The molecule has 1 aliphatic rings. The van der Waals surface area contributed by atoms with Crippen molar-refractivity contribution in [1.29, 1.82) is 0 Å². The number of carboxylic acids is 1. The second kappa shape index (κ2) is 7.32. The van der Waals surface area contributed by atoms with Crippen LogP contribution in [-0.2, 0) is 9.53 Å². The van der Waals surface area contributed by atoms with E-state index >= 15 is 0 Å². The van der Waals surface area contributed by atoms with E-state index < -0.39 is 11.9 Å². The van der Waals surface area contributed by atoms with Crippen molar-refractivity contribution < 1.29 is 19.4 Å². The Hall–Kier alpha value is -3.99. The Morgan fingerprint density at radius 1 is 0.821 bits per heavy atom. The van der Waals surface area contributed by atoms with Gasteiger partial charge in [0, 0.05) is 5.56 Å². The average Bonchev–Trinajstić information content (AvgIpc) is 3.09. The van der Waals surface area contributed by atoms with E-state index in [1.165, 1.54) is 12.1 Å². The van der Waals surface area contributed by atoms with E-state index in [-0.39, 0.29) is 17.2 Å². The van der Waals surface area contributed by atoms with Gasteiger partial charge in [-0.15, -0.1) is 0 Å². The maximum Gasteiger partial charge on any atom is 0.363 e. The molecule has 3 aromatic carbocycles. The largest absolute Gasteiger partial charge is 0.478 e. The van der Waals surface area contributed by atoms with Crippen molar-refractivity contribution in [2.24, 2.45) is 4.99 Å². The lowest BCUT2D eigenvalue weighted by molar-refractivity contribution is -0.129.